The Morgan fingerprint density at radius 2 is 2.16 bits per heavy atom. The summed E-state index contributed by atoms with van der Waals surface area (Å²) in [5.74, 6) is 1.33. The number of piperidine rings is 1. The van der Waals surface area contributed by atoms with Crippen LogP contribution in [0.2, 0.25) is 0 Å². The molecule has 0 radical (unpaired) electrons. The summed E-state index contributed by atoms with van der Waals surface area (Å²) in [7, 11) is 0. The van der Waals surface area contributed by atoms with Crippen molar-refractivity contribution in [3.05, 3.63) is 30.7 Å². The molecule has 0 bridgehead atoms. The molecule has 3 aromatic heterocycles. The summed E-state index contributed by atoms with van der Waals surface area (Å²) in [5, 5.41) is 2.25. The summed E-state index contributed by atoms with van der Waals surface area (Å²) >= 11 is 0. The van der Waals surface area contributed by atoms with Crippen LogP contribution in [-0.2, 0) is 4.79 Å². The van der Waals surface area contributed by atoms with Gasteiger partial charge in [-0.25, -0.2) is 9.97 Å². The van der Waals surface area contributed by atoms with Gasteiger partial charge >= 0.3 is 0 Å². The number of aromatic amines is 1. The second-order valence-corrected chi connectivity index (χ2v) is 7.49. The normalized spacial score (nSPS) is 21.1. The molecule has 3 aromatic rings. The Kier molecular flexibility index (Phi) is 3.47. The highest BCUT2D eigenvalue weighted by Gasteiger charge is 2.31. The molecular formula is C20H22N4O. The smallest absolute Gasteiger partial charge is 0.159 e. The summed E-state index contributed by atoms with van der Waals surface area (Å²) in [5.41, 5.74) is 2.99. The third kappa shape index (κ3) is 2.68. The van der Waals surface area contributed by atoms with Crippen molar-refractivity contribution in [3.63, 3.8) is 0 Å². The van der Waals surface area contributed by atoms with Crippen LogP contribution in [0.1, 0.15) is 32.1 Å². The number of carbonyl (C=O) groups excluding carboxylic acids is 1. The fraction of sp³-hybridized carbons (Fsp3) is 0.450. The van der Waals surface area contributed by atoms with Crippen LogP contribution in [0.3, 0.4) is 0 Å². The van der Waals surface area contributed by atoms with Crippen LogP contribution in [0.25, 0.3) is 21.9 Å². The number of Topliss-reactive ketones (excluding diaryl/α,β-unsaturated/α-hetero) is 1. The Morgan fingerprint density at radius 1 is 1.24 bits per heavy atom. The van der Waals surface area contributed by atoms with E-state index in [4.69, 9.17) is 0 Å². The minimum atomic E-state index is 0.184. The van der Waals surface area contributed by atoms with Crippen LogP contribution in [0.15, 0.2) is 30.7 Å². The van der Waals surface area contributed by atoms with Crippen molar-refractivity contribution in [1.29, 1.82) is 0 Å². The molecule has 0 amide bonds. The van der Waals surface area contributed by atoms with E-state index in [1.807, 2.05) is 24.7 Å². The highest BCUT2D eigenvalue weighted by Crippen LogP contribution is 2.36. The zero-order chi connectivity index (χ0) is 16.8. The minimum absolute atomic E-state index is 0.184. The number of carbonyl (C=O) groups is 1. The molecule has 0 aromatic carbocycles. The highest BCUT2D eigenvalue weighted by molar-refractivity contribution is 6.10. The Balaban J connectivity index is 1.51. The maximum Gasteiger partial charge on any atom is 0.159 e. The van der Waals surface area contributed by atoms with Gasteiger partial charge in [0.05, 0.1) is 11.7 Å². The van der Waals surface area contributed by atoms with E-state index in [0.29, 0.717) is 11.7 Å². The van der Waals surface area contributed by atoms with Crippen molar-refractivity contribution in [1.82, 2.24) is 15.0 Å². The zero-order valence-electron chi connectivity index (χ0n) is 14.2. The van der Waals surface area contributed by atoms with Gasteiger partial charge in [-0.2, -0.15) is 0 Å². The van der Waals surface area contributed by atoms with Crippen LogP contribution in [0.5, 0.6) is 0 Å². The molecule has 128 valence electrons. The number of anilines is 1. The predicted molar refractivity (Wildman–Crippen MR) is 98.7 cm³/mol. The monoisotopic (exact) mass is 334 g/mol. The maximum atomic E-state index is 12.6. The molecule has 25 heavy (non-hydrogen) atoms. The second-order valence-electron chi connectivity index (χ2n) is 7.49. The third-order valence-electron chi connectivity index (χ3n) is 5.67. The largest absolute Gasteiger partial charge is 0.370 e. The molecule has 1 N–H and O–H groups in total. The summed E-state index contributed by atoms with van der Waals surface area (Å²) in [6, 6.07) is 4.16. The van der Waals surface area contributed by atoms with Gasteiger partial charge in [0.15, 0.2) is 5.65 Å². The van der Waals surface area contributed by atoms with Crippen LogP contribution >= 0.6 is 0 Å². The van der Waals surface area contributed by atoms with Crippen molar-refractivity contribution in [2.75, 3.05) is 18.0 Å². The first-order chi connectivity index (χ1) is 12.3. The SMILES string of the molecule is O=C(CC1CC1)C1CCCN(c2cc[nH]c3cnc4nccc4c23)C1. The molecule has 1 saturated heterocycles. The number of nitrogens with zero attached hydrogens (tertiary/aromatic N) is 3. The van der Waals surface area contributed by atoms with E-state index in [9.17, 15) is 4.79 Å². The first kappa shape index (κ1) is 14.9. The van der Waals surface area contributed by atoms with Gasteiger partial charge in [-0.15, -0.1) is 0 Å². The van der Waals surface area contributed by atoms with Gasteiger partial charge in [-0.3, -0.25) is 4.79 Å². The van der Waals surface area contributed by atoms with Crippen LogP contribution in [0.4, 0.5) is 5.69 Å². The topological polar surface area (TPSA) is 61.9 Å². The summed E-state index contributed by atoms with van der Waals surface area (Å²) in [4.78, 5) is 27.1. The van der Waals surface area contributed by atoms with Crippen molar-refractivity contribution < 1.29 is 4.79 Å². The van der Waals surface area contributed by atoms with Crippen LogP contribution < -0.4 is 4.90 Å². The molecule has 5 rings (SSSR count). The average molecular weight is 334 g/mol. The summed E-state index contributed by atoms with van der Waals surface area (Å²) < 4.78 is 0. The summed E-state index contributed by atoms with van der Waals surface area (Å²) in [6.07, 6.45) is 11.0. The summed E-state index contributed by atoms with van der Waals surface area (Å²) in [6.45, 7) is 1.84. The lowest BCUT2D eigenvalue weighted by Gasteiger charge is -2.34. The van der Waals surface area contributed by atoms with E-state index in [0.717, 1.165) is 48.9 Å². The Hall–Kier alpha value is -2.43. The Bertz CT molecular complexity index is 943. The molecular weight excluding hydrogens is 312 g/mol. The Labute approximate surface area is 146 Å². The molecule has 1 aliphatic heterocycles. The average Bonchev–Trinajstić information content (AvgIpc) is 3.33. The fourth-order valence-corrected chi connectivity index (χ4v) is 4.13. The number of hydrogen-bond donors (Lipinski definition) is 1. The number of nitrogens with one attached hydrogen (secondary N) is 1. The van der Waals surface area contributed by atoms with E-state index in [2.05, 4.69) is 25.9 Å². The second kappa shape index (κ2) is 5.83. The van der Waals surface area contributed by atoms with Gasteiger partial charge in [0.25, 0.3) is 0 Å². The first-order valence-electron chi connectivity index (χ1n) is 9.28. The van der Waals surface area contributed by atoms with Gasteiger partial charge in [-0.05, 0) is 43.7 Å². The highest BCUT2D eigenvalue weighted by atomic mass is 16.1. The van der Waals surface area contributed by atoms with Crippen molar-refractivity contribution in [2.45, 2.75) is 32.1 Å². The van der Waals surface area contributed by atoms with Gasteiger partial charge in [-0.1, -0.05) is 0 Å². The molecule has 5 nitrogen and oxygen atoms in total. The molecule has 2 aliphatic rings. The predicted octanol–water partition coefficient (Wildman–Crippen LogP) is 3.70. The van der Waals surface area contributed by atoms with Crippen LogP contribution in [-0.4, -0.2) is 33.8 Å². The molecule has 1 atom stereocenters. The van der Waals surface area contributed by atoms with E-state index < -0.39 is 0 Å². The number of aromatic nitrogens is 3. The lowest BCUT2D eigenvalue weighted by atomic mass is 9.90. The van der Waals surface area contributed by atoms with Gasteiger partial charge in [0.2, 0.25) is 0 Å². The van der Waals surface area contributed by atoms with E-state index in [1.54, 1.807) is 0 Å². The van der Waals surface area contributed by atoms with Gasteiger partial charge in [0.1, 0.15) is 5.78 Å². The van der Waals surface area contributed by atoms with Crippen molar-refractivity contribution in [2.24, 2.45) is 11.8 Å². The lowest BCUT2D eigenvalue weighted by molar-refractivity contribution is -0.123. The number of fused-ring (bicyclic) bond motifs is 3. The van der Waals surface area contributed by atoms with Gasteiger partial charge < -0.3 is 9.88 Å². The number of hydrogen-bond acceptors (Lipinski definition) is 4. The molecule has 1 saturated carbocycles. The third-order valence-corrected chi connectivity index (χ3v) is 5.67. The van der Waals surface area contributed by atoms with Crippen LogP contribution in [0, 0.1) is 11.8 Å². The van der Waals surface area contributed by atoms with Crippen molar-refractivity contribution in [3.8, 4) is 0 Å². The van der Waals surface area contributed by atoms with E-state index in [1.165, 1.54) is 23.9 Å². The molecule has 2 fully saturated rings. The quantitative estimate of drug-likeness (QED) is 0.790. The Morgan fingerprint density at radius 3 is 3.04 bits per heavy atom. The first-order valence-corrected chi connectivity index (χ1v) is 9.28. The standard InChI is InChI=1S/C20H22N4O/c25-18(10-13-3-4-13)14-2-1-9-24(12-14)17-6-8-21-16-11-23-20-15(19(16)17)5-7-22-20/h5-8,11,13-14,21H,1-4,9-10,12H2. The lowest BCUT2D eigenvalue weighted by Crippen LogP contribution is -2.39. The van der Waals surface area contributed by atoms with Crippen molar-refractivity contribution >= 4 is 33.4 Å². The molecule has 1 unspecified atom stereocenters. The number of H-pyrrole nitrogens is 1. The molecule has 0 spiro atoms. The molecule has 5 heteroatoms. The zero-order valence-corrected chi connectivity index (χ0v) is 14.2. The number of pyridine rings is 2. The molecule has 4 heterocycles. The minimum Gasteiger partial charge on any atom is -0.370 e. The van der Waals surface area contributed by atoms with Gasteiger partial charge in [0, 0.05) is 54.3 Å². The maximum absolute atomic E-state index is 12.6. The molecule has 1 aliphatic carbocycles. The number of rotatable bonds is 4. The van der Waals surface area contributed by atoms with E-state index in [-0.39, 0.29) is 5.92 Å². The number of ketones is 1. The van der Waals surface area contributed by atoms with E-state index >= 15 is 0 Å². The fourth-order valence-electron chi connectivity index (χ4n) is 4.13.